The lowest BCUT2D eigenvalue weighted by molar-refractivity contribution is -0.141. The van der Waals surface area contributed by atoms with Crippen LogP contribution in [0.1, 0.15) is 18.9 Å². The summed E-state index contributed by atoms with van der Waals surface area (Å²) < 4.78 is 9.54. The van der Waals surface area contributed by atoms with Crippen LogP contribution in [0.15, 0.2) is 23.2 Å². The molecule has 1 aromatic rings. The lowest BCUT2D eigenvalue weighted by atomic mass is 10.2. The van der Waals surface area contributed by atoms with Crippen molar-refractivity contribution < 1.29 is 19.1 Å². The number of aliphatic imine (C=N–C) groups is 1. The standard InChI is InChI=1S/C13H13Cl2NO4/c1-2-19-12(17)5-6-16-13(18)20-8-9-3-4-10(14)11(15)7-9/h3-4,6-7H,2,5,8H2,1H3. The molecule has 5 nitrogen and oxygen atoms in total. The molecule has 0 heterocycles. The summed E-state index contributed by atoms with van der Waals surface area (Å²) in [5.41, 5.74) is 0.688. The predicted octanol–water partition coefficient (Wildman–Crippen LogP) is 3.65. The summed E-state index contributed by atoms with van der Waals surface area (Å²) in [5.74, 6) is -0.450. The third kappa shape index (κ3) is 6.04. The molecule has 108 valence electrons. The third-order valence-electron chi connectivity index (χ3n) is 2.11. The van der Waals surface area contributed by atoms with Crippen molar-refractivity contribution in [2.45, 2.75) is 20.0 Å². The zero-order chi connectivity index (χ0) is 15.0. The second kappa shape index (κ2) is 8.55. The fourth-order valence-electron chi connectivity index (χ4n) is 1.23. The molecule has 0 bridgehead atoms. The van der Waals surface area contributed by atoms with Gasteiger partial charge in [-0.2, -0.15) is 4.99 Å². The van der Waals surface area contributed by atoms with Gasteiger partial charge in [0.25, 0.3) is 0 Å². The normalized spacial score (nSPS) is 10.6. The number of amides is 1. The van der Waals surface area contributed by atoms with E-state index in [9.17, 15) is 9.59 Å². The van der Waals surface area contributed by atoms with Gasteiger partial charge in [0.15, 0.2) is 0 Å². The van der Waals surface area contributed by atoms with E-state index in [1.807, 2.05) is 0 Å². The molecule has 20 heavy (non-hydrogen) atoms. The molecule has 1 rings (SSSR count). The molecule has 0 unspecified atom stereocenters. The summed E-state index contributed by atoms with van der Waals surface area (Å²) in [5, 5.41) is 0.806. The highest BCUT2D eigenvalue weighted by atomic mass is 35.5. The van der Waals surface area contributed by atoms with E-state index in [-0.39, 0.29) is 19.6 Å². The van der Waals surface area contributed by atoms with E-state index < -0.39 is 12.1 Å². The number of halogens is 2. The summed E-state index contributed by atoms with van der Waals surface area (Å²) in [6.45, 7) is 2.00. The molecule has 0 N–H and O–H groups in total. The largest absolute Gasteiger partial charge is 0.466 e. The van der Waals surface area contributed by atoms with Crippen LogP contribution in [-0.2, 0) is 20.9 Å². The lowest BCUT2D eigenvalue weighted by Crippen LogP contribution is -2.05. The fraction of sp³-hybridized carbons (Fsp3) is 0.308. The molecule has 7 heteroatoms. The molecule has 0 radical (unpaired) electrons. The van der Waals surface area contributed by atoms with Crippen LogP contribution >= 0.6 is 23.2 Å². The fourth-order valence-corrected chi connectivity index (χ4v) is 1.55. The second-order valence-electron chi connectivity index (χ2n) is 3.62. The van der Waals surface area contributed by atoms with Crippen molar-refractivity contribution in [1.82, 2.24) is 0 Å². The Bertz CT molecular complexity index is 517. The average molecular weight is 318 g/mol. The van der Waals surface area contributed by atoms with Gasteiger partial charge in [0.2, 0.25) is 0 Å². The Hall–Kier alpha value is -1.59. The van der Waals surface area contributed by atoms with Crippen molar-refractivity contribution in [1.29, 1.82) is 0 Å². The molecule has 0 aliphatic carbocycles. The summed E-state index contributed by atoms with van der Waals surface area (Å²) in [6, 6.07) is 4.89. The SMILES string of the molecule is CCOC(=O)CC=NC(=O)OCc1ccc(Cl)c(Cl)c1. The first kappa shape index (κ1) is 16.5. The van der Waals surface area contributed by atoms with Gasteiger partial charge in [-0.1, -0.05) is 29.3 Å². The van der Waals surface area contributed by atoms with Gasteiger partial charge < -0.3 is 9.47 Å². The van der Waals surface area contributed by atoms with E-state index >= 15 is 0 Å². The van der Waals surface area contributed by atoms with Gasteiger partial charge in [-0.15, -0.1) is 0 Å². The average Bonchev–Trinajstić information content (AvgIpc) is 2.40. The number of hydrogen-bond donors (Lipinski definition) is 0. The van der Waals surface area contributed by atoms with E-state index in [1.165, 1.54) is 0 Å². The van der Waals surface area contributed by atoms with Crippen molar-refractivity contribution in [2.24, 2.45) is 4.99 Å². The summed E-state index contributed by atoms with van der Waals surface area (Å²) >= 11 is 11.6. The molecular weight excluding hydrogens is 305 g/mol. The first-order valence-electron chi connectivity index (χ1n) is 5.81. The number of carbonyl (C=O) groups excluding carboxylic acids is 2. The molecule has 0 atom stereocenters. The predicted molar refractivity (Wildman–Crippen MR) is 76.4 cm³/mol. The van der Waals surface area contributed by atoms with Crippen LogP contribution in [0.5, 0.6) is 0 Å². The minimum atomic E-state index is -0.791. The number of rotatable bonds is 5. The Balaban J connectivity index is 2.37. The highest BCUT2D eigenvalue weighted by Gasteiger charge is 2.04. The molecular formula is C13H13Cl2NO4. The Labute approximate surface area is 126 Å². The second-order valence-corrected chi connectivity index (χ2v) is 4.44. The van der Waals surface area contributed by atoms with E-state index in [4.69, 9.17) is 27.9 Å². The third-order valence-corrected chi connectivity index (χ3v) is 2.85. The highest BCUT2D eigenvalue weighted by Crippen LogP contribution is 2.22. The van der Waals surface area contributed by atoms with Crippen molar-refractivity contribution in [3.63, 3.8) is 0 Å². The molecule has 0 fully saturated rings. The Morgan fingerprint density at radius 3 is 2.65 bits per heavy atom. The smallest absolute Gasteiger partial charge is 0.433 e. The summed E-state index contributed by atoms with van der Waals surface area (Å²) in [6.07, 6.45) is 0.283. The van der Waals surface area contributed by atoms with Crippen LogP contribution in [0.3, 0.4) is 0 Å². The molecule has 0 aromatic heterocycles. The summed E-state index contributed by atoms with van der Waals surface area (Å²) in [7, 11) is 0. The quantitative estimate of drug-likeness (QED) is 0.614. The Morgan fingerprint density at radius 2 is 2.00 bits per heavy atom. The van der Waals surface area contributed by atoms with Crippen molar-refractivity contribution >= 4 is 41.5 Å². The first-order chi connectivity index (χ1) is 9.52. The number of ether oxygens (including phenoxy) is 2. The van der Waals surface area contributed by atoms with Crippen molar-refractivity contribution in [2.75, 3.05) is 6.61 Å². The molecule has 1 amide bonds. The van der Waals surface area contributed by atoms with E-state index in [0.717, 1.165) is 6.21 Å². The number of nitrogens with zero attached hydrogens (tertiary/aromatic N) is 1. The van der Waals surface area contributed by atoms with Gasteiger partial charge in [0.05, 0.1) is 23.1 Å². The minimum Gasteiger partial charge on any atom is -0.466 e. The zero-order valence-corrected chi connectivity index (χ0v) is 12.3. The topological polar surface area (TPSA) is 65.0 Å². The van der Waals surface area contributed by atoms with Crippen LogP contribution < -0.4 is 0 Å². The highest BCUT2D eigenvalue weighted by molar-refractivity contribution is 6.42. The van der Waals surface area contributed by atoms with E-state index in [2.05, 4.69) is 9.73 Å². The van der Waals surface area contributed by atoms with Crippen LogP contribution in [-0.4, -0.2) is 24.9 Å². The Kier molecular flexibility index (Phi) is 7.04. The zero-order valence-electron chi connectivity index (χ0n) is 10.8. The summed E-state index contributed by atoms with van der Waals surface area (Å²) in [4.78, 5) is 25.7. The van der Waals surface area contributed by atoms with Gasteiger partial charge in [-0.25, -0.2) is 4.79 Å². The van der Waals surface area contributed by atoms with Gasteiger partial charge >= 0.3 is 12.1 Å². The van der Waals surface area contributed by atoms with Crippen molar-refractivity contribution in [3.05, 3.63) is 33.8 Å². The van der Waals surface area contributed by atoms with Crippen molar-refractivity contribution in [3.8, 4) is 0 Å². The maximum atomic E-state index is 11.3. The molecule has 0 aliphatic rings. The molecule has 0 aliphatic heterocycles. The monoisotopic (exact) mass is 317 g/mol. The van der Waals surface area contributed by atoms with Gasteiger partial charge in [0.1, 0.15) is 6.61 Å². The van der Waals surface area contributed by atoms with Gasteiger partial charge in [-0.3, -0.25) is 4.79 Å². The molecule has 0 saturated heterocycles. The van der Waals surface area contributed by atoms with E-state index in [0.29, 0.717) is 15.6 Å². The van der Waals surface area contributed by atoms with Crippen LogP contribution in [0.4, 0.5) is 4.79 Å². The molecule has 0 saturated carbocycles. The maximum Gasteiger partial charge on any atom is 0.433 e. The number of benzene rings is 1. The number of esters is 1. The molecule has 1 aromatic carbocycles. The molecule has 0 spiro atoms. The maximum absolute atomic E-state index is 11.3. The number of carbonyl (C=O) groups is 2. The van der Waals surface area contributed by atoms with Crippen LogP contribution in [0.25, 0.3) is 0 Å². The first-order valence-corrected chi connectivity index (χ1v) is 6.57. The van der Waals surface area contributed by atoms with Gasteiger partial charge in [-0.05, 0) is 24.6 Å². The van der Waals surface area contributed by atoms with Crippen LogP contribution in [0.2, 0.25) is 10.0 Å². The van der Waals surface area contributed by atoms with Gasteiger partial charge in [0, 0.05) is 6.21 Å². The number of hydrogen-bond acceptors (Lipinski definition) is 4. The lowest BCUT2D eigenvalue weighted by Gasteiger charge is -2.03. The van der Waals surface area contributed by atoms with E-state index in [1.54, 1.807) is 25.1 Å². The minimum absolute atomic E-state index is 0.0203. The Morgan fingerprint density at radius 1 is 1.25 bits per heavy atom. The van der Waals surface area contributed by atoms with Crippen LogP contribution in [0, 0.1) is 0 Å².